The minimum absolute atomic E-state index is 0.786. The van der Waals surface area contributed by atoms with Gasteiger partial charge in [-0.25, -0.2) is 0 Å². The summed E-state index contributed by atoms with van der Waals surface area (Å²) in [5.41, 5.74) is 6.76. The molecule has 3 nitrogen and oxygen atoms in total. The van der Waals surface area contributed by atoms with Crippen molar-refractivity contribution in [2.75, 3.05) is 7.11 Å². The van der Waals surface area contributed by atoms with Crippen molar-refractivity contribution in [3.8, 4) is 28.1 Å². The molecule has 1 aromatic heterocycles. The number of H-pyrrole nitrogens is 1. The first-order valence-electron chi connectivity index (χ1n) is 8.66. The standard InChI is InChI=1S/C23H20N2O/c1-26-20-14-12-17(13-15-20)16-21-22(18-8-4-2-5-9-18)23(25-24-21)19-10-6-3-7-11-19/h2-15H,16H2,1H3,(H,24,25). The Morgan fingerprint density at radius 2 is 1.38 bits per heavy atom. The highest BCUT2D eigenvalue weighted by molar-refractivity contribution is 5.82. The van der Waals surface area contributed by atoms with Gasteiger partial charge in [-0.05, 0) is 23.3 Å². The van der Waals surface area contributed by atoms with Crippen LogP contribution in [0.25, 0.3) is 22.4 Å². The Kier molecular flexibility index (Phi) is 4.52. The van der Waals surface area contributed by atoms with Gasteiger partial charge >= 0.3 is 0 Å². The molecule has 0 atom stereocenters. The van der Waals surface area contributed by atoms with E-state index in [0.717, 1.165) is 34.7 Å². The van der Waals surface area contributed by atoms with Crippen LogP contribution in [0.3, 0.4) is 0 Å². The van der Waals surface area contributed by atoms with Crippen LogP contribution in [0, 0.1) is 0 Å². The molecule has 0 aliphatic carbocycles. The highest BCUT2D eigenvalue weighted by atomic mass is 16.5. The monoisotopic (exact) mass is 340 g/mol. The van der Waals surface area contributed by atoms with Gasteiger partial charge in [-0.15, -0.1) is 0 Å². The lowest BCUT2D eigenvalue weighted by atomic mass is 9.96. The molecule has 0 unspecified atom stereocenters. The number of aromatic nitrogens is 2. The lowest BCUT2D eigenvalue weighted by molar-refractivity contribution is 0.414. The number of hydrogen-bond acceptors (Lipinski definition) is 2. The molecule has 0 fully saturated rings. The van der Waals surface area contributed by atoms with Crippen LogP contribution in [0.2, 0.25) is 0 Å². The fourth-order valence-electron chi connectivity index (χ4n) is 3.17. The predicted molar refractivity (Wildman–Crippen MR) is 105 cm³/mol. The van der Waals surface area contributed by atoms with E-state index in [2.05, 4.69) is 58.7 Å². The highest BCUT2D eigenvalue weighted by Gasteiger charge is 2.16. The average Bonchev–Trinajstić information content (AvgIpc) is 3.13. The summed E-state index contributed by atoms with van der Waals surface area (Å²) in [4.78, 5) is 0. The van der Waals surface area contributed by atoms with Crippen molar-refractivity contribution in [3.05, 3.63) is 96.2 Å². The summed E-state index contributed by atoms with van der Waals surface area (Å²) < 4.78 is 5.25. The molecule has 0 aliphatic rings. The minimum Gasteiger partial charge on any atom is -0.497 e. The third kappa shape index (κ3) is 3.24. The van der Waals surface area contributed by atoms with E-state index >= 15 is 0 Å². The van der Waals surface area contributed by atoms with E-state index < -0.39 is 0 Å². The summed E-state index contributed by atoms with van der Waals surface area (Å²) >= 11 is 0. The normalized spacial score (nSPS) is 10.7. The number of methoxy groups -OCH3 is 1. The zero-order chi connectivity index (χ0) is 17.8. The summed E-state index contributed by atoms with van der Waals surface area (Å²) in [6.45, 7) is 0. The van der Waals surface area contributed by atoms with E-state index in [4.69, 9.17) is 4.74 Å². The van der Waals surface area contributed by atoms with Crippen LogP contribution < -0.4 is 4.74 Å². The van der Waals surface area contributed by atoms with E-state index in [1.54, 1.807) is 7.11 Å². The molecule has 0 amide bonds. The van der Waals surface area contributed by atoms with Crippen molar-refractivity contribution < 1.29 is 4.74 Å². The van der Waals surface area contributed by atoms with Crippen LogP contribution in [0.5, 0.6) is 5.75 Å². The van der Waals surface area contributed by atoms with Gasteiger partial charge in [-0.1, -0.05) is 72.8 Å². The molecule has 0 bridgehead atoms. The molecule has 0 radical (unpaired) electrons. The van der Waals surface area contributed by atoms with Gasteiger partial charge in [-0.2, -0.15) is 5.10 Å². The van der Waals surface area contributed by atoms with Crippen molar-refractivity contribution in [2.24, 2.45) is 0 Å². The fourth-order valence-corrected chi connectivity index (χ4v) is 3.17. The van der Waals surface area contributed by atoms with E-state index in [9.17, 15) is 0 Å². The number of nitrogens with one attached hydrogen (secondary N) is 1. The van der Waals surface area contributed by atoms with Crippen LogP contribution in [-0.2, 0) is 6.42 Å². The maximum Gasteiger partial charge on any atom is 0.118 e. The van der Waals surface area contributed by atoms with Crippen LogP contribution in [0.4, 0.5) is 0 Å². The molecule has 0 aliphatic heterocycles. The molecular formula is C23H20N2O. The molecular weight excluding hydrogens is 320 g/mol. The number of hydrogen-bond donors (Lipinski definition) is 1. The molecule has 1 heterocycles. The second kappa shape index (κ2) is 7.28. The zero-order valence-corrected chi connectivity index (χ0v) is 14.6. The predicted octanol–water partition coefficient (Wildman–Crippen LogP) is 5.34. The first kappa shape index (κ1) is 16.2. The smallest absolute Gasteiger partial charge is 0.118 e. The largest absolute Gasteiger partial charge is 0.497 e. The van der Waals surface area contributed by atoms with Crippen molar-refractivity contribution in [1.29, 1.82) is 0 Å². The van der Waals surface area contributed by atoms with Gasteiger partial charge in [-0.3, -0.25) is 5.10 Å². The first-order chi connectivity index (χ1) is 12.8. The van der Waals surface area contributed by atoms with Crippen molar-refractivity contribution in [3.63, 3.8) is 0 Å². The summed E-state index contributed by atoms with van der Waals surface area (Å²) in [6, 6.07) is 28.9. The number of ether oxygens (including phenoxy) is 1. The van der Waals surface area contributed by atoms with Crippen molar-refractivity contribution >= 4 is 0 Å². The minimum atomic E-state index is 0.786. The molecule has 26 heavy (non-hydrogen) atoms. The lowest BCUT2D eigenvalue weighted by Crippen LogP contribution is -1.92. The number of nitrogens with zero attached hydrogens (tertiary/aromatic N) is 1. The maximum absolute atomic E-state index is 5.25. The number of rotatable bonds is 5. The third-order valence-electron chi connectivity index (χ3n) is 4.49. The molecule has 1 N–H and O–H groups in total. The SMILES string of the molecule is COc1ccc(Cc2[nH]nc(-c3ccccc3)c2-c2ccccc2)cc1. The summed E-state index contributed by atoms with van der Waals surface area (Å²) in [7, 11) is 1.68. The molecule has 4 aromatic rings. The van der Waals surface area contributed by atoms with E-state index in [-0.39, 0.29) is 0 Å². The molecule has 3 heteroatoms. The van der Waals surface area contributed by atoms with E-state index in [1.807, 2.05) is 36.4 Å². The summed E-state index contributed by atoms with van der Waals surface area (Å²) in [6.07, 6.45) is 0.786. The second-order valence-corrected chi connectivity index (χ2v) is 6.18. The zero-order valence-electron chi connectivity index (χ0n) is 14.6. The lowest BCUT2D eigenvalue weighted by Gasteiger charge is -2.08. The molecule has 0 saturated heterocycles. The fraction of sp³-hybridized carbons (Fsp3) is 0.0870. The van der Waals surface area contributed by atoms with Crippen LogP contribution in [0.1, 0.15) is 11.3 Å². The molecule has 4 rings (SSSR count). The van der Waals surface area contributed by atoms with Gasteiger partial charge in [0, 0.05) is 23.2 Å². The van der Waals surface area contributed by atoms with Gasteiger partial charge in [0.05, 0.1) is 7.11 Å². The van der Waals surface area contributed by atoms with Gasteiger partial charge in [0.15, 0.2) is 0 Å². The van der Waals surface area contributed by atoms with Crippen LogP contribution in [0.15, 0.2) is 84.9 Å². The number of aromatic amines is 1. The van der Waals surface area contributed by atoms with E-state index in [1.165, 1.54) is 11.1 Å². The summed E-state index contributed by atoms with van der Waals surface area (Å²) in [5, 5.41) is 7.91. The first-order valence-corrected chi connectivity index (χ1v) is 8.66. The molecule has 128 valence electrons. The van der Waals surface area contributed by atoms with Crippen molar-refractivity contribution in [2.45, 2.75) is 6.42 Å². The van der Waals surface area contributed by atoms with Gasteiger partial charge < -0.3 is 4.74 Å². The Labute approximate surface area is 153 Å². The van der Waals surface area contributed by atoms with Gasteiger partial charge in [0.2, 0.25) is 0 Å². The molecule has 3 aromatic carbocycles. The van der Waals surface area contributed by atoms with Crippen molar-refractivity contribution in [1.82, 2.24) is 10.2 Å². The third-order valence-corrected chi connectivity index (χ3v) is 4.49. The van der Waals surface area contributed by atoms with Crippen LogP contribution in [-0.4, -0.2) is 17.3 Å². The Balaban J connectivity index is 1.78. The Hall–Kier alpha value is -3.33. The number of benzene rings is 3. The Morgan fingerprint density at radius 1 is 0.769 bits per heavy atom. The van der Waals surface area contributed by atoms with E-state index in [0.29, 0.717) is 0 Å². The summed E-state index contributed by atoms with van der Waals surface area (Å²) in [5.74, 6) is 0.867. The Bertz CT molecular complexity index is 974. The quantitative estimate of drug-likeness (QED) is 0.532. The molecule has 0 spiro atoms. The van der Waals surface area contributed by atoms with Gasteiger partial charge in [0.25, 0.3) is 0 Å². The van der Waals surface area contributed by atoms with Crippen LogP contribution >= 0.6 is 0 Å². The second-order valence-electron chi connectivity index (χ2n) is 6.18. The highest BCUT2D eigenvalue weighted by Crippen LogP contribution is 2.34. The van der Waals surface area contributed by atoms with Gasteiger partial charge in [0.1, 0.15) is 11.4 Å². The topological polar surface area (TPSA) is 37.9 Å². The Morgan fingerprint density at radius 3 is 2.00 bits per heavy atom. The average molecular weight is 340 g/mol. The maximum atomic E-state index is 5.25. The molecule has 0 saturated carbocycles.